The van der Waals surface area contributed by atoms with Gasteiger partial charge >= 0.3 is 0 Å². The first kappa shape index (κ1) is 10.9. The van der Waals surface area contributed by atoms with Crippen molar-refractivity contribution in [2.75, 3.05) is 11.1 Å². The predicted octanol–water partition coefficient (Wildman–Crippen LogP) is 2.43. The lowest BCUT2D eigenvalue weighted by Gasteiger charge is -2.07. The fraction of sp³-hybridized carbons (Fsp3) is 0.0909. The second-order valence-corrected chi connectivity index (χ2v) is 4.10. The zero-order valence-corrected chi connectivity index (χ0v) is 10.1. The number of nitrogen functional groups attached to an aromatic ring is 1. The van der Waals surface area contributed by atoms with Crippen molar-refractivity contribution in [3.8, 4) is 0 Å². The number of nitrogens with zero attached hydrogens (tertiary/aromatic N) is 2. The maximum absolute atomic E-state index is 5.49. The third-order valence-electron chi connectivity index (χ3n) is 2.09. The average Bonchev–Trinajstić information content (AvgIpc) is 2.28. The summed E-state index contributed by atoms with van der Waals surface area (Å²) in [6, 6.07) is 9.81. The summed E-state index contributed by atoms with van der Waals surface area (Å²) in [6.07, 6.45) is 1.63. The third-order valence-corrected chi connectivity index (χ3v) is 2.87. The van der Waals surface area contributed by atoms with Crippen LogP contribution >= 0.6 is 15.9 Å². The van der Waals surface area contributed by atoms with Crippen molar-refractivity contribution < 1.29 is 0 Å². The lowest BCUT2D eigenvalue weighted by Crippen LogP contribution is -2.04. The Morgan fingerprint density at radius 1 is 1.25 bits per heavy atom. The first-order valence-corrected chi connectivity index (χ1v) is 5.61. The van der Waals surface area contributed by atoms with Gasteiger partial charge in [-0.2, -0.15) is 4.98 Å². The van der Waals surface area contributed by atoms with Crippen LogP contribution in [0.25, 0.3) is 0 Å². The van der Waals surface area contributed by atoms with Gasteiger partial charge in [0.05, 0.1) is 0 Å². The number of benzene rings is 1. The Bertz CT molecular complexity index is 487. The lowest BCUT2D eigenvalue weighted by atomic mass is 10.2. The van der Waals surface area contributed by atoms with Crippen LogP contribution < -0.4 is 11.1 Å². The highest BCUT2D eigenvalue weighted by Gasteiger charge is 1.99. The first-order chi connectivity index (χ1) is 7.75. The number of halogens is 1. The van der Waals surface area contributed by atoms with E-state index < -0.39 is 0 Å². The number of nitrogens with two attached hydrogens (primary N) is 1. The molecule has 2 rings (SSSR count). The quantitative estimate of drug-likeness (QED) is 0.905. The molecule has 2 aromatic rings. The van der Waals surface area contributed by atoms with Gasteiger partial charge in [0.1, 0.15) is 5.82 Å². The van der Waals surface area contributed by atoms with Crippen molar-refractivity contribution in [2.24, 2.45) is 0 Å². The zero-order valence-electron chi connectivity index (χ0n) is 8.52. The van der Waals surface area contributed by atoms with Crippen molar-refractivity contribution in [1.82, 2.24) is 9.97 Å². The molecule has 0 bridgehead atoms. The minimum absolute atomic E-state index is 0.275. The van der Waals surface area contributed by atoms with Crippen LogP contribution in [-0.4, -0.2) is 9.97 Å². The molecule has 0 aliphatic rings. The summed E-state index contributed by atoms with van der Waals surface area (Å²) >= 11 is 3.49. The van der Waals surface area contributed by atoms with E-state index >= 15 is 0 Å². The molecule has 16 heavy (non-hydrogen) atoms. The number of hydrogen-bond donors (Lipinski definition) is 2. The van der Waals surface area contributed by atoms with Gasteiger partial charge in [0.25, 0.3) is 0 Å². The molecule has 0 saturated heterocycles. The van der Waals surface area contributed by atoms with E-state index in [1.807, 2.05) is 24.3 Å². The standard InChI is InChI=1S/C11H11BrN4/c12-9-4-2-1-3-8(9)7-15-10-5-6-14-11(13)16-10/h1-6H,7H2,(H3,13,14,15,16). The van der Waals surface area contributed by atoms with E-state index in [0.29, 0.717) is 6.54 Å². The van der Waals surface area contributed by atoms with Gasteiger partial charge in [0.15, 0.2) is 0 Å². The van der Waals surface area contributed by atoms with Crippen molar-refractivity contribution in [3.05, 3.63) is 46.6 Å². The Balaban J connectivity index is 2.05. The molecule has 82 valence electrons. The smallest absolute Gasteiger partial charge is 0.221 e. The first-order valence-electron chi connectivity index (χ1n) is 4.81. The predicted molar refractivity (Wildman–Crippen MR) is 67.9 cm³/mol. The van der Waals surface area contributed by atoms with Crippen LogP contribution in [0.5, 0.6) is 0 Å². The molecule has 1 aromatic heterocycles. The van der Waals surface area contributed by atoms with Crippen molar-refractivity contribution in [2.45, 2.75) is 6.54 Å². The highest BCUT2D eigenvalue weighted by molar-refractivity contribution is 9.10. The van der Waals surface area contributed by atoms with E-state index in [2.05, 4.69) is 31.2 Å². The third kappa shape index (κ3) is 2.70. The highest BCUT2D eigenvalue weighted by atomic mass is 79.9. The molecule has 1 heterocycles. The van der Waals surface area contributed by atoms with E-state index in [9.17, 15) is 0 Å². The number of aromatic nitrogens is 2. The minimum atomic E-state index is 0.275. The Morgan fingerprint density at radius 2 is 2.06 bits per heavy atom. The molecule has 0 aliphatic heterocycles. The second-order valence-electron chi connectivity index (χ2n) is 3.25. The molecule has 5 heteroatoms. The van der Waals surface area contributed by atoms with Gasteiger partial charge in [-0.15, -0.1) is 0 Å². The fourth-order valence-electron chi connectivity index (χ4n) is 1.30. The summed E-state index contributed by atoms with van der Waals surface area (Å²) < 4.78 is 1.07. The Kier molecular flexibility index (Phi) is 3.36. The second kappa shape index (κ2) is 4.94. The number of rotatable bonds is 3. The minimum Gasteiger partial charge on any atom is -0.368 e. The molecular formula is C11H11BrN4. The van der Waals surface area contributed by atoms with Crippen molar-refractivity contribution in [3.63, 3.8) is 0 Å². The maximum atomic E-state index is 5.49. The van der Waals surface area contributed by atoms with Gasteiger partial charge in [0, 0.05) is 17.2 Å². The molecule has 0 fully saturated rings. The normalized spacial score (nSPS) is 10.1. The van der Waals surface area contributed by atoms with Crippen LogP contribution in [0, 0.1) is 0 Å². The molecule has 0 spiro atoms. The molecule has 0 radical (unpaired) electrons. The van der Waals surface area contributed by atoms with E-state index in [-0.39, 0.29) is 5.95 Å². The number of hydrogen-bond acceptors (Lipinski definition) is 4. The van der Waals surface area contributed by atoms with Crippen LogP contribution in [-0.2, 0) is 6.54 Å². The lowest BCUT2D eigenvalue weighted by molar-refractivity contribution is 1.08. The Labute approximate surface area is 102 Å². The van der Waals surface area contributed by atoms with Gasteiger partial charge in [-0.05, 0) is 17.7 Å². The fourth-order valence-corrected chi connectivity index (χ4v) is 1.72. The molecular weight excluding hydrogens is 268 g/mol. The summed E-state index contributed by atoms with van der Waals surface area (Å²) in [5.74, 6) is 1.00. The molecule has 0 unspecified atom stereocenters. The van der Waals surface area contributed by atoms with E-state index in [4.69, 9.17) is 5.73 Å². The molecule has 1 aromatic carbocycles. The van der Waals surface area contributed by atoms with Gasteiger partial charge in [-0.25, -0.2) is 4.98 Å². The molecule has 0 aliphatic carbocycles. The summed E-state index contributed by atoms with van der Waals surface area (Å²) in [5.41, 5.74) is 6.65. The SMILES string of the molecule is Nc1nccc(NCc2ccccc2Br)n1. The van der Waals surface area contributed by atoms with E-state index in [1.165, 1.54) is 5.56 Å². The largest absolute Gasteiger partial charge is 0.368 e. The van der Waals surface area contributed by atoms with E-state index in [1.54, 1.807) is 12.3 Å². The molecule has 3 N–H and O–H groups in total. The number of nitrogens with one attached hydrogen (secondary N) is 1. The number of anilines is 2. The average molecular weight is 279 g/mol. The van der Waals surface area contributed by atoms with E-state index in [0.717, 1.165) is 10.3 Å². The molecule has 0 amide bonds. The van der Waals surface area contributed by atoms with Gasteiger partial charge < -0.3 is 11.1 Å². The van der Waals surface area contributed by atoms with Gasteiger partial charge in [-0.1, -0.05) is 34.1 Å². The topological polar surface area (TPSA) is 63.8 Å². The summed E-state index contributed by atoms with van der Waals surface area (Å²) in [4.78, 5) is 7.89. The van der Waals surface area contributed by atoms with Crippen LogP contribution in [0.4, 0.5) is 11.8 Å². The summed E-state index contributed by atoms with van der Waals surface area (Å²) in [5, 5.41) is 3.18. The van der Waals surface area contributed by atoms with Crippen LogP contribution in [0.1, 0.15) is 5.56 Å². The monoisotopic (exact) mass is 278 g/mol. The Hall–Kier alpha value is -1.62. The van der Waals surface area contributed by atoms with Crippen molar-refractivity contribution >= 4 is 27.7 Å². The van der Waals surface area contributed by atoms with Gasteiger partial charge in [0.2, 0.25) is 5.95 Å². The highest BCUT2D eigenvalue weighted by Crippen LogP contribution is 2.16. The Morgan fingerprint density at radius 3 is 2.81 bits per heavy atom. The molecule has 4 nitrogen and oxygen atoms in total. The molecule has 0 atom stereocenters. The van der Waals surface area contributed by atoms with Crippen molar-refractivity contribution in [1.29, 1.82) is 0 Å². The summed E-state index contributed by atoms with van der Waals surface area (Å²) in [7, 11) is 0. The van der Waals surface area contributed by atoms with Gasteiger partial charge in [-0.3, -0.25) is 0 Å². The van der Waals surface area contributed by atoms with Crippen LogP contribution in [0.3, 0.4) is 0 Å². The summed E-state index contributed by atoms with van der Waals surface area (Å²) in [6.45, 7) is 0.692. The zero-order chi connectivity index (χ0) is 11.4. The van der Waals surface area contributed by atoms with Crippen LogP contribution in [0.15, 0.2) is 41.0 Å². The van der Waals surface area contributed by atoms with Crippen LogP contribution in [0.2, 0.25) is 0 Å². The maximum Gasteiger partial charge on any atom is 0.221 e. The molecule has 0 saturated carbocycles.